The molecule has 1 aromatic rings. The number of hydrogen-bond donors (Lipinski definition) is 1. The first-order valence-corrected chi connectivity index (χ1v) is 14.4. The number of rotatable bonds is 5. The molecule has 0 bridgehead atoms. The number of allylic oxidation sites excluding steroid dienone is 1. The van der Waals surface area contributed by atoms with Crippen molar-refractivity contribution in [2.45, 2.75) is 92.1 Å². The number of carbonyl (C=O) groups excluding carboxylic acids is 5. The van der Waals surface area contributed by atoms with Gasteiger partial charge in [-0.2, -0.15) is 0 Å². The topological polar surface area (TPSA) is 143 Å². The second kappa shape index (κ2) is 13.1. The fourth-order valence-electron chi connectivity index (χ4n) is 6.15. The van der Waals surface area contributed by atoms with E-state index < -0.39 is 76.7 Å². The summed E-state index contributed by atoms with van der Waals surface area (Å²) in [5, 5.41) is 11.2. The molecule has 0 radical (unpaired) electrons. The average Bonchev–Trinajstić information content (AvgIpc) is 3.15. The highest BCUT2D eigenvalue weighted by molar-refractivity contribution is 5.89. The monoisotopic (exact) mass is 598 g/mol. The van der Waals surface area contributed by atoms with Crippen LogP contribution in [0.2, 0.25) is 0 Å². The number of benzene rings is 1. The van der Waals surface area contributed by atoms with E-state index in [1.165, 1.54) is 26.8 Å². The first-order chi connectivity index (χ1) is 20.0. The van der Waals surface area contributed by atoms with Crippen LogP contribution in [0.25, 0.3) is 0 Å². The van der Waals surface area contributed by atoms with E-state index in [2.05, 4.69) is 0 Å². The van der Waals surface area contributed by atoms with Crippen molar-refractivity contribution in [1.29, 1.82) is 0 Å². The molecule has 10 nitrogen and oxygen atoms in total. The molecule has 1 saturated carbocycles. The van der Waals surface area contributed by atoms with E-state index in [4.69, 9.17) is 18.9 Å². The Kier molecular flexibility index (Phi) is 10.3. The number of Topliss-reactive ketones (excluding diaryl/α,β-unsaturated/α-hetero) is 1. The molecule has 0 saturated heterocycles. The number of hydrogen-bond acceptors (Lipinski definition) is 10. The van der Waals surface area contributed by atoms with E-state index in [9.17, 15) is 29.1 Å². The Morgan fingerprint density at radius 2 is 1.49 bits per heavy atom. The van der Waals surface area contributed by atoms with Crippen LogP contribution in [0.15, 0.2) is 53.8 Å². The van der Waals surface area contributed by atoms with Crippen molar-refractivity contribution in [2.24, 2.45) is 23.2 Å². The quantitative estimate of drug-likeness (QED) is 0.278. The lowest BCUT2D eigenvalue weighted by atomic mass is 9.74. The standard InChI is InChI=1S/C33H42O10/c1-18-14-25-29(42-31(39)24-12-10-9-11-13-24)20(3)17-33(25,43-23(6)36)30(41-22(5)35)19(2)15-27(37)32(7,8)28(38)16-26(18)40-21(4)34/h9-15,19-20,25-26,29-30,37H,16-17H2,1-8H3/b18-14+,27-15-/t19-,20+,25+,26-,29+,30-,33-/m1/s1. The summed E-state index contributed by atoms with van der Waals surface area (Å²) in [6.07, 6.45) is -0.0730. The van der Waals surface area contributed by atoms with Gasteiger partial charge in [0.05, 0.1) is 16.9 Å². The van der Waals surface area contributed by atoms with Crippen LogP contribution in [0.3, 0.4) is 0 Å². The first kappa shape index (κ1) is 33.6. The van der Waals surface area contributed by atoms with Crippen molar-refractivity contribution in [2.75, 3.05) is 0 Å². The Balaban J connectivity index is 2.33. The van der Waals surface area contributed by atoms with Crippen LogP contribution < -0.4 is 0 Å². The summed E-state index contributed by atoms with van der Waals surface area (Å²) in [6.45, 7) is 12.0. The van der Waals surface area contributed by atoms with Gasteiger partial charge in [-0.25, -0.2) is 4.79 Å². The number of aliphatic hydroxyl groups excluding tert-OH is 1. The predicted octanol–water partition coefficient (Wildman–Crippen LogP) is 5.06. The molecular weight excluding hydrogens is 556 g/mol. The van der Waals surface area contributed by atoms with Gasteiger partial charge >= 0.3 is 23.9 Å². The molecule has 0 unspecified atom stereocenters. The molecule has 7 atom stereocenters. The smallest absolute Gasteiger partial charge is 0.338 e. The number of ketones is 1. The van der Waals surface area contributed by atoms with Crippen LogP contribution in [-0.2, 0) is 38.1 Å². The van der Waals surface area contributed by atoms with Crippen molar-refractivity contribution < 1.29 is 48.0 Å². The highest BCUT2D eigenvalue weighted by atomic mass is 16.6. The fourth-order valence-corrected chi connectivity index (χ4v) is 6.15. The van der Waals surface area contributed by atoms with E-state index in [1.54, 1.807) is 64.1 Å². The van der Waals surface area contributed by atoms with Gasteiger partial charge in [-0.05, 0) is 56.9 Å². The highest BCUT2D eigenvalue weighted by Crippen LogP contribution is 2.51. The van der Waals surface area contributed by atoms with E-state index in [0.29, 0.717) is 11.1 Å². The molecule has 0 amide bonds. The maximum Gasteiger partial charge on any atom is 0.338 e. The minimum atomic E-state index is -1.57. The van der Waals surface area contributed by atoms with Crippen LogP contribution in [0.4, 0.5) is 0 Å². The van der Waals surface area contributed by atoms with Gasteiger partial charge in [0.2, 0.25) is 0 Å². The molecule has 0 heterocycles. The van der Waals surface area contributed by atoms with Crippen molar-refractivity contribution in [3.8, 4) is 0 Å². The van der Waals surface area contributed by atoms with Gasteiger partial charge in [0.1, 0.15) is 29.9 Å². The fraction of sp³-hybridized carbons (Fsp3) is 0.545. The third kappa shape index (κ3) is 7.35. The summed E-state index contributed by atoms with van der Waals surface area (Å²) in [5.41, 5.74) is -2.19. The molecule has 3 rings (SSSR count). The normalized spacial score (nSPS) is 33.2. The Bertz CT molecular complexity index is 1310. The molecule has 2 aliphatic rings. The summed E-state index contributed by atoms with van der Waals surface area (Å²) in [5.74, 6) is -5.28. The molecule has 43 heavy (non-hydrogen) atoms. The molecule has 0 aliphatic heterocycles. The van der Waals surface area contributed by atoms with E-state index in [0.717, 1.165) is 0 Å². The van der Waals surface area contributed by atoms with Crippen LogP contribution in [0.1, 0.15) is 78.6 Å². The summed E-state index contributed by atoms with van der Waals surface area (Å²) in [6, 6.07) is 8.41. The zero-order chi connectivity index (χ0) is 32.3. The summed E-state index contributed by atoms with van der Waals surface area (Å²) >= 11 is 0. The largest absolute Gasteiger partial charge is 0.512 e. The number of aliphatic hydroxyl groups is 1. The van der Waals surface area contributed by atoms with Gasteiger partial charge < -0.3 is 24.1 Å². The Labute approximate surface area is 252 Å². The summed E-state index contributed by atoms with van der Waals surface area (Å²) in [7, 11) is 0. The maximum atomic E-state index is 13.5. The molecule has 1 aromatic carbocycles. The zero-order valence-electron chi connectivity index (χ0n) is 26.0. The summed E-state index contributed by atoms with van der Waals surface area (Å²) in [4.78, 5) is 64.2. The van der Waals surface area contributed by atoms with Gasteiger partial charge in [0.15, 0.2) is 5.60 Å². The molecule has 1 N–H and O–H groups in total. The SMILES string of the molecule is CC(=O)O[C@@H]1[C@H](C)/C=C(\O)C(C)(C)C(=O)C[C@@H](OC(C)=O)/C(C)=C/[C@H]2[C@@H](OC(=O)c3ccccc3)[C@@H](C)C[C@]12OC(C)=O. The van der Waals surface area contributed by atoms with Crippen LogP contribution >= 0.6 is 0 Å². The lowest BCUT2D eigenvalue weighted by molar-refractivity contribution is -0.195. The molecule has 0 aromatic heterocycles. The van der Waals surface area contributed by atoms with Crippen LogP contribution in [0, 0.1) is 23.2 Å². The van der Waals surface area contributed by atoms with Gasteiger partial charge in [-0.3, -0.25) is 19.2 Å². The second-order valence-corrected chi connectivity index (χ2v) is 12.2. The average molecular weight is 599 g/mol. The van der Waals surface area contributed by atoms with Gasteiger partial charge in [-0.15, -0.1) is 0 Å². The number of fused-ring (bicyclic) bond motifs is 1. The third-order valence-electron chi connectivity index (χ3n) is 8.35. The molecule has 0 spiro atoms. The van der Waals surface area contributed by atoms with Crippen molar-refractivity contribution in [3.63, 3.8) is 0 Å². The number of ether oxygens (including phenoxy) is 4. The predicted molar refractivity (Wildman–Crippen MR) is 156 cm³/mol. The lowest BCUT2D eigenvalue weighted by Gasteiger charge is -2.43. The van der Waals surface area contributed by atoms with Crippen LogP contribution in [0.5, 0.6) is 0 Å². The van der Waals surface area contributed by atoms with E-state index in [1.807, 2.05) is 6.92 Å². The highest BCUT2D eigenvalue weighted by Gasteiger charge is 2.62. The lowest BCUT2D eigenvalue weighted by Crippen LogP contribution is -2.55. The molecule has 234 valence electrons. The van der Waals surface area contributed by atoms with E-state index in [-0.39, 0.29) is 18.6 Å². The van der Waals surface area contributed by atoms with Gasteiger partial charge in [-0.1, -0.05) is 38.1 Å². The van der Waals surface area contributed by atoms with Crippen molar-refractivity contribution in [3.05, 3.63) is 59.4 Å². The third-order valence-corrected chi connectivity index (χ3v) is 8.35. The molecular formula is C33H42O10. The number of carbonyl (C=O) groups is 5. The number of esters is 4. The molecule has 2 aliphatic carbocycles. The maximum absolute atomic E-state index is 13.5. The van der Waals surface area contributed by atoms with Crippen molar-refractivity contribution in [1.82, 2.24) is 0 Å². The molecule has 1 fully saturated rings. The minimum Gasteiger partial charge on any atom is -0.512 e. The zero-order valence-corrected chi connectivity index (χ0v) is 26.0. The Morgan fingerprint density at radius 1 is 0.884 bits per heavy atom. The van der Waals surface area contributed by atoms with E-state index >= 15 is 0 Å². The summed E-state index contributed by atoms with van der Waals surface area (Å²) < 4.78 is 23.6. The van der Waals surface area contributed by atoms with Gasteiger partial charge in [0.25, 0.3) is 0 Å². The minimum absolute atomic E-state index is 0.130. The first-order valence-electron chi connectivity index (χ1n) is 14.4. The molecule has 10 heteroatoms. The Hall–Kier alpha value is -3.95. The Morgan fingerprint density at radius 3 is 2.05 bits per heavy atom. The second-order valence-electron chi connectivity index (χ2n) is 12.2. The van der Waals surface area contributed by atoms with Gasteiger partial charge in [0, 0.05) is 33.1 Å². The van der Waals surface area contributed by atoms with Crippen molar-refractivity contribution >= 4 is 29.7 Å². The van der Waals surface area contributed by atoms with Crippen LogP contribution in [-0.4, -0.2) is 58.7 Å².